The van der Waals surface area contributed by atoms with Gasteiger partial charge in [0, 0.05) is 18.6 Å². The molecule has 114 valence electrons. The molecule has 1 N–H and O–H groups in total. The number of amides is 2. The number of piperazine rings is 1. The zero-order chi connectivity index (χ0) is 14.9. The van der Waals surface area contributed by atoms with Crippen LogP contribution in [0.5, 0.6) is 0 Å². The zero-order valence-corrected chi connectivity index (χ0v) is 12.9. The van der Waals surface area contributed by atoms with Gasteiger partial charge in [-0.05, 0) is 26.2 Å². The van der Waals surface area contributed by atoms with Crippen LogP contribution in [-0.2, 0) is 14.3 Å². The maximum Gasteiger partial charge on any atom is 0.246 e. The lowest BCUT2D eigenvalue weighted by Gasteiger charge is -2.44. The van der Waals surface area contributed by atoms with Crippen molar-refractivity contribution in [1.82, 2.24) is 10.2 Å². The molecule has 2 aliphatic heterocycles. The number of rotatable bonds is 4. The third kappa shape index (κ3) is 2.68. The van der Waals surface area contributed by atoms with Crippen molar-refractivity contribution < 1.29 is 14.3 Å². The molecule has 2 aliphatic rings. The summed E-state index contributed by atoms with van der Waals surface area (Å²) in [5, 5.41) is 2.88. The molecule has 2 heterocycles. The molecule has 0 aromatic rings. The number of carbonyl (C=O) groups excluding carboxylic acids is 2. The quantitative estimate of drug-likeness (QED) is 0.842. The first-order valence-electron chi connectivity index (χ1n) is 7.67. The zero-order valence-electron chi connectivity index (χ0n) is 12.9. The van der Waals surface area contributed by atoms with E-state index in [0.29, 0.717) is 12.5 Å². The molecule has 2 rings (SSSR count). The maximum atomic E-state index is 12.8. The Morgan fingerprint density at radius 3 is 2.65 bits per heavy atom. The van der Waals surface area contributed by atoms with Crippen molar-refractivity contribution in [3.8, 4) is 0 Å². The summed E-state index contributed by atoms with van der Waals surface area (Å²) in [4.78, 5) is 26.7. The molecule has 2 amide bonds. The Morgan fingerprint density at radius 1 is 1.40 bits per heavy atom. The first kappa shape index (κ1) is 15.3. The smallest absolute Gasteiger partial charge is 0.246 e. The second kappa shape index (κ2) is 6.12. The van der Waals surface area contributed by atoms with Crippen LogP contribution in [0.1, 0.15) is 40.5 Å². The number of ether oxygens (including phenoxy) is 1. The van der Waals surface area contributed by atoms with E-state index in [0.717, 1.165) is 19.4 Å². The predicted octanol–water partition coefficient (Wildman–Crippen LogP) is 1.17. The van der Waals surface area contributed by atoms with Gasteiger partial charge in [-0.25, -0.2) is 0 Å². The number of nitrogens with one attached hydrogen (secondary N) is 1. The Bertz CT molecular complexity index is 379. The molecule has 0 bridgehead atoms. The maximum absolute atomic E-state index is 12.8. The Hall–Kier alpha value is -1.10. The van der Waals surface area contributed by atoms with Crippen LogP contribution in [0, 0.1) is 11.8 Å². The van der Waals surface area contributed by atoms with Gasteiger partial charge in [0.05, 0.1) is 6.61 Å². The summed E-state index contributed by atoms with van der Waals surface area (Å²) in [5.41, 5.74) is 0. The molecule has 2 saturated heterocycles. The summed E-state index contributed by atoms with van der Waals surface area (Å²) in [6.45, 7) is 9.35. The van der Waals surface area contributed by atoms with E-state index in [4.69, 9.17) is 4.74 Å². The largest absolute Gasteiger partial charge is 0.381 e. The van der Waals surface area contributed by atoms with E-state index in [-0.39, 0.29) is 29.8 Å². The van der Waals surface area contributed by atoms with Crippen LogP contribution < -0.4 is 5.32 Å². The van der Waals surface area contributed by atoms with Gasteiger partial charge in [0.15, 0.2) is 0 Å². The summed E-state index contributed by atoms with van der Waals surface area (Å²) >= 11 is 0. The van der Waals surface area contributed by atoms with Crippen molar-refractivity contribution in [1.29, 1.82) is 0 Å². The topological polar surface area (TPSA) is 58.6 Å². The third-order valence-electron chi connectivity index (χ3n) is 4.91. The summed E-state index contributed by atoms with van der Waals surface area (Å²) < 4.78 is 5.42. The summed E-state index contributed by atoms with van der Waals surface area (Å²) in [5.74, 6) is 0.518. The van der Waals surface area contributed by atoms with Crippen molar-refractivity contribution in [3.63, 3.8) is 0 Å². The number of carbonyl (C=O) groups is 2. The SMILES string of the molecule is CCC(C)C1NC(=O)C(C)N(C(C)C2CCOC2)C1=O. The highest BCUT2D eigenvalue weighted by molar-refractivity contribution is 5.97. The molecular weight excluding hydrogens is 256 g/mol. The Kier molecular flexibility index (Phi) is 4.68. The molecular formula is C15H26N2O3. The van der Waals surface area contributed by atoms with E-state index in [1.165, 1.54) is 0 Å². The van der Waals surface area contributed by atoms with Gasteiger partial charge in [-0.1, -0.05) is 20.3 Å². The summed E-state index contributed by atoms with van der Waals surface area (Å²) in [7, 11) is 0. The Balaban J connectivity index is 2.19. The number of hydrogen-bond acceptors (Lipinski definition) is 3. The van der Waals surface area contributed by atoms with E-state index in [9.17, 15) is 9.59 Å². The van der Waals surface area contributed by atoms with E-state index in [1.807, 2.05) is 27.7 Å². The number of hydrogen-bond donors (Lipinski definition) is 1. The van der Waals surface area contributed by atoms with Gasteiger partial charge in [-0.2, -0.15) is 0 Å². The highest BCUT2D eigenvalue weighted by atomic mass is 16.5. The minimum Gasteiger partial charge on any atom is -0.381 e. The highest BCUT2D eigenvalue weighted by Gasteiger charge is 2.44. The molecule has 5 nitrogen and oxygen atoms in total. The molecule has 5 heteroatoms. The van der Waals surface area contributed by atoms with Crippen LogP contribution >= 0.6 is 0 Å². The summed E-state index contributed by atoms with van der Waals surface area (Å²) in [6, 6.07) is -0.718. The molecule has 5 atom stereocenters. The second-order valence-electron chi connectivity index (χ2n) is 6.16. The minimum absolute atomic E-state index is 0.0411. The fourth-order valence-electron chi connectivity index (χ4n) is 3.15. The average molecular weight is 282 g/mol. The second-order valence-corrected chi connectivity index (χ2v) is 6.16. The van der Waals surface area contributed by atoms with Gasteiger partial charge in [-0.15, -0.1) is 0 Å². The fourth-order valence-corrected chi connectivity index (χ4v) is 3.15. The van der Waals surface area contributed by atoms with Crippen LogP contribution in [0.4, 0.5) is 0 Å². The molecule has 20 heavy (non-hydrogen) atoms. The molecule has 0 aromatic carbocycles. The van der Waals surface area contributed by atoms with Crippen LogP contribution in [0.15, 0.2) is 0 Å². The number of nitrogens with zero attached hydrogens (tertiary/aromatic N) is 1. The lowest BCUT2D eigenvalue weighted by atomic mass is 9.90. The average Bonchev–Trinajstić information content (AvgIpc) is 2.96. The van der Waals surface area contributed by atoms with E-state index in [2.05, 4.69) is 5.32 Å². The standard InChI is InChI=1S/C15H26N2O3/c1-5-9(2)13-15(19)17(11(4)14(18)16-13)10(3)12-6-7-20-8-12/h9-13H,5-8H2,1-4H3,(H,16,18). The molecule has 2 fully saturated rings. The lowest BCUT2D eigenvalue weighted by Crippen LogP contribution is -2.66. The van der Waals surface area contributed by atoms with E-state index < -0.39 is 6.04 Å². The Labute approximate surface area is 121 Å². The molecule has 0 aliphatic carbocycles. The van der Waals surface area contributed by atoms with Crippen LogP contribution in [0.25, 0.3) is 0 Å². The van der Waals surface area contributed by atoms with Crippen LogP contribution in [-0.4, -0.2) is 48.1 Å². The van der Waals surface area contributed by atoms with Crippen molar-refractivity contribution in [3.05, 3.63) is 0 Å². The first-order chi connectivity index (χ1) is 9.47. The highest BCUT2D eigenvalue weighted by Crippen LogP contribution is 2.26. The van der Waals surface area contributed by atoms with Crippen molar-refractivity contribution in [2.24, 2.45) is 11.8 Å². The van der Waals surface area contributed by atoms with Gasteiger partial charge in [0.25, 0.3) is 0 Å². The normalized spacial score (nSPS) is 34.0. The minimum atomic E-state index is -0.390. The monoisotopic (exact) mass is 282 g/mol. The molecule has 0 saturated carbocycles. The van der Waals surface area contributed by atoms with Crippen molar-refractivity contribution in [2.45, 2.75) is 58.7 Å². The van der Waals surface area contributed by atoms with E-state index >= 15 is 0 Å². The predicted molar refractivity (Wildman–Crippen MR) is 76.1 cm³/mol. The van der Waals surface area contributed by atoms with Crippen LogP contribution in [0.3, 0.4) is 0 Å². The first-order valence-corrected chi connectivity index (χ1v) is 7.67. The van der Waals surface area contributed by atoms with Gasteiger partial charge < -0.3 is 15.0 Å². The van der Waals surface area contributed by atoms with E-state index in [1.54, 1.807) is 4.90 Å². The van der Waals surface area contributed by atoms with Gasteiger partial charge in [-0.3, -0.25) is 9.59 Å². The van der Waals surface area contributed by atoms with Crippen molar-refractivity contribution >= 4 is 11.8 Å². The van der Waals surface area contributed by atoms with Gasteiger partial charge in [0.1, 0.15) is 12.1 Å². The third-order valence-corrected chi connectivity index (χ3v) is 4.91. The van der Waals surface area contributed by atoms with Gasteiger partial charge in [0.2, 0.25) is 11.8 Å². The lowest BCUT2D eigenvalue weighted by molar-refractivity contribution is -0.153. The molecule has 0 spiro atoms. The molecule has 0 aromatic heterocycles. The molecule has 0 radical (unpaired) electrons. The fraction of sp³-hybridized carbons (Fsp3) is 0.867. The van der Waals surface area contributed by atoms with Crippen LogP contribution in [0.2, 0.25) is 0 Å². The summed E-state index contributed by atoms with van der Waals surface area (Å²) in [6.07, 6.45) is 1.84. The van der Waals surface area contributed by atoms with Crippen molar-refractivity contribution in [2.75, 3.05) is 13.2 Å². The van der Waals surface area contributed by atoms with Gasteiger partial charge >= 0.3 is 0 Å². The molecule has 5 unspecified atom stereocenters. The Morgan fingerprint density at radius 2 is 2.10 bits per heavy atom.